The van der Waals surface area contributed by atoms with E-state index in [0.29, 0.717) is 18.6 Å². The van der Waals surface area contributed by atoms with Crippen LogP contribution in [-0.2, 0) is 30.7 Å². The van der Waals surface area contributed by atoms with Gasteiger partial charge in [-0.15, -0.1) is 12.8 Å². The van der Waals surface area contributed by atoms with E-state index in [4.69, 9.17) is 0 Å². The molecule has 0 rings (SSSR count). The van der Waals surface area contributed by atoms with Crippen LogP contribution in [0.1, 0.15) is 134 Å². The van der Waals surface area contributed by atoms with Crippen LogP contribution in [0.3, 0.4) is 0 Å². The molecule has 0 saturated carbocycles. The summed E-state index contributed by atoms with van der Waals surface area (Å²) in [6.07, 6.45) is 19.6. The van der Waals surface area contributed by atoms with Crippen molar-refractivity contribution in [1.29, 1.82) is 0 Å². The summed E-state index contributed by atoms with van der Waals surface area (Å²) in [6, 6.07) is 0. The minimum Gasteiger partial charge on any atom is -0.316 e. The maximum atomic E-state index is 11.8. The average molecular weight is 659 g/mol. The van der Waals surface area contributed by atoms with Crippen molar-refractivity contribution < 1.29 is 30.7 Å². The van der Waals surface area contributed by atoms with Gasteiger partial charge in [0.25, 0.3) is 0 Å². The zero-order valence-corrected chi connectivity index (χ0v) is 28.3. The zero-order valence-electron chi connectivity index (χ0n) is 25.3. The van der Waals surface area contributed by atoms with Gasteiger partial charge in [0.2, 0.25) is 0 Å². The van der Waals surface area contributed by atoms with E-state index >= 15 is 0 Å². The molecule has 0 bridgehead atoms. The summed E-state index contributed by atoms with van der Waals surface area (Å²) in [6.45, 7) is 26.1. The molecule has 0 aliphatic carbocycles. The van der Waals surface area contributed by atoms with Gasteiger partial charge in [-0.2, -0.15) is 10.8 Å². The van der Waals surface area contributed by atoms with Crippen molar-refractivity contribution in [3.8, 4) is 0 Å². The molecule has 0 aromatic rings. The Balaban J connectivity index is -0.000000569. The standard InChI is InChI=1S/C16H30O.C16H28O.W/c2*1-7-15(4,5)12-10-14(17)11-13-16(6,8-2)9-3;/h12-13H,7-11H2,1-6H3;10-13H,7-9H2,1-6H3;/q-2;;+2/b;12-10+,13-11+;. The van der Waals surface area contributed by atoms with Crippen LogP contribution in [0, 0.1) is 34.5 Å². The van der Waals surface area contributed by atoms with Gasteiger partial charge in [-0.3, -0.25) is 4.79 Å². The Hall–Kier alpha value is -0.492. The van der Waals surface area contributed by atoms with Crippen molar-refractivity contribution >= 4 is 11.6 Å². The number of carbonyl (C=O) groups excluding carboxylic acids is 2. The van der Waals surface area contributed by atoms with E-state index in [2.05, 4.69) is 102 Å². The number of rotatable bonds is 16. The van der Waals surface area contributed by atoms with Gasteiger partial charge in [0.15, 0.2) is 5.78 Å². The van der Waals surface area contributed by atoms with E-state index in [1.807, 2.05) is 6.08 Å². The van der Waals surface area contributed by atoms with E-state index in [-0.39, 0.29) is 48.5 Å². The van der Waals surface area contributed by atoms with E-state index in [9.17, 15) is 9.59 Å². The van der Waals surface area contributed by atoms with Crippen LogP contribution in [-0.4, -0.2) is 11.6 Å². The predicted molar refractivity (Wildman–Crippen MR) is 152 cm³/mol. The summed E-state index contributed by atoms with van der Waals surface area (Å²) in [5.74, 6) is 0.444. The summed E-state index contributed by atoms with van der Waals surface area (Å²) in [5, 5.41) is 0. The maximum absolute atomic E-state index is 11.8. The second-order valence-electron chi connectivity index (χ2n) is 11.8. The Morgan fingerprint density at radius 2 is 1.09 bits per heavy atom. The first kappa shape index (κ1) is 39.0. The Bertz CT molecular complexity index is 632. The third-order valence-corrected chi connectivity index (χ3v) is 8.11. The molecule has 0 aromatic carbocycles. The number of carbonyl (C=O) groups is 2. The van der Waals surface area contributed by atoms with E-state index in [1.165, 1.54) is 0 Å². The Morgan fingerprint density at radius 3 is 1.49 bits per heavy atom. The minimum absolute atomic E-state index is 0. The van der Waals surface area contributed by atoms with Crippen molar-refractivity contribution in [3.63, 3.8) is 0 Å². The molecule has 0 heterocycles. The van der Waals surface area contributed by atoms with Gasteiger partial charge in [-0.05, 0) is 42.2 Å². The molecule has 2 nitrogen and oxygen atoms in total. The average Bonchev–Trinajstić information content (AvgIpc) is 2.83. The molecular weight excluding hydrogens is 600 g/mol. The molecule has 0 spiro atoms. The SMILES string of the molecule is CCC(C)(C)/C=C/C(=O)/C=C/C(C)(CC)CC.CCC(C)(C)[CH-]CC(=O)C[CH-]C(C)(CC)CC.[W+2]. The third kappa shape index (κ3) is 19.3. The normalized spacial score (nSPS) is 12.9. The Morgan fingerprint density at radius 1 is 0.629 bits per heavy atom. The quantitative estimate of drug-likeness (QED) is 0.122. The van der Waals surface area contributed by atoms with Crippen molar-refractivity contribution in [2.45, 2.75) is 134 Å². The van der Waals surface area contributed by atoms with E-state index in [1.54, 1.807) is 12.2 Å². The first-order valence-corrected chi connectivity index (χ1v) is 13.7. The molecule has 204 valence electrons. The van der Waals surface area contributed by atoms with Crippen molar-refractivity contribution in [2.75, 3.05) is 0 Å². The Labute approximate surface area is 234 Å². The maximum Gasteiger partial charge on any atom is 2.00 e. The largest absolute Gasteiger partial charge is 2.00 e. The third-order valence-electron chi connectivity index (χ3n) is 8.11. The molecule has 0 aromatic heterocycles. The molecule has 0 aliphatic rings. The fourth-order valence-electron chi connectivity index (χ4n) is 2.77. The van der Waals surface area contributed by atoms with Gasteiger partial charge >= 0.3 is 21.1 Å². The van der Waals surface area contributed by atoms with Crippen LogP contribution in [0.15, 0.2) is 24.3 Å². The van der Waals surface area contributed by atoms with Gasteiger partial charge in [-0.1, -0.05) is 114 Å². The number of Topliss-reactive ketones (excluding diaryl/α,β-unsaturated/α-hetero) is 1. The predicted octanol–water partition coefficient (Wildman–Crippen LogP) is 9.93. The molecule has 0 radical (unpaired) electrons. The van der Waals surface area contributed by atoms with Crippen LogP contribution in [0.2, 0.25) is 0 Å². The topological polar surface area (TPSA) is 34.1 Å². The summed E-state index contributed by atoms with van der Waals surface area (Å²) in [4.78, 5) is 23.5. The Kier molecular flexibility index (Phi) is 20.9. The van der Waals surface area contributed by atoms with E-state index in [0.717, 1.165) is 38.5 Å². The molecular formula is C32H58O2W. The van der Waals surface area contributed by atoms with Gasteiger partial charge in [0.1, 0.15) is 0 Å². The van der Waals surface area contributed by atoms with Gasteiger partial charge < -0.3 is 17.6 Å². The summed E-state index contributed by atoms with van der Waals surface area (Å²) >= 11 is 0. The second kappa shape index (κ2) is 18.7. The first-order chi connectivity index (χ1) is 15.6. The number of ketones is 2. The van der Waals surface area contributed by atoms with Gasteiger partial charge in [0.05, 0.1) is 5.78 Å². The molecule has 3 heteroatoms. The van der Waals surface area contributed by atoms with E-state index < -0.39 is 0 Å². The smallest absolute Gasteiger partial charge is 0.316 e. The number of hydrogen-bond acceptors (Lipinski definition) is 2. The summed E-state index contributed by atoms with van der Waals surface area (Å²) in [5.41, 5.74) is 0.691. The minimum atomic E-state index is 0. The van der Waals surface area contributed by atoms with Crippen LogP contribution in [0.25, 0.3) is 0 Å². The molecule has 0 atom stereocenters. The fourth-order valence-corrected chi connectivity index (χ4v) is 2.77. The molecule has 0 aliphatic heterocycles. The van der Waals surface area contributed by atoms with Crippen LogP contribution in [0.4, 0.5) is 0 Å². The fraction of sp³-hybridized carbons (Fsp3) is 0.750. The van der Waals surface area contributed by atoms with Gasteiger partial charge in [0, 0.05) is 0 Å². The molecule has 35 heavy (non-hydrogen) atoms. The van der Waals surface area contributed by atoms with Crippen molar-refractivity contribution in [2.24, 2.45) is 21.7 Å². The summed E-state index contributed by atoms with van der Waals surface area (Å²) in [7, 11) is 0. The zero-order chi connectivity index (χ0) is 27.1. The van der Waals surface area contributed by atoms with Crippen LogP contribution < -0.4 is 0 Å². The summed E-state index contributed by atoms with van der Waals surface area (Å²) < 4.78 is 0. The van der Waals surface area contributed by atoms with Crippen molar-refractivity contribution in [1.82, 2.24) is 0 Å². The monoisotopic (exact) mass is 658 g/mol. The molecule has 0 N–H and O–H groups in total. The molecule has 0 amide bonds. The number of allylic oxidation sites excluding steroid dienone is 4. The van der Waals surface area contributed by atoms with Crippen LogP contribution in [0.5, 0.6) is 0 Å². The number of hydrogen-bond donors (Lipinski definition) is 0. The first-order valence-electron chi connectivity index (χ1n) is 13.7. The van der Waals surface area contributed by atoms with Gasteiger partial charge in [-0.25, -0.2) is 0 Å². The molecule has 0 fully saturated rings. The van der Waals surface area contributed by atoms with Crippen LogP contribution >= 0.6 is 0 Å². The van der Waals surface area contributed by atoms with Crippen molar-refractivity contribution in [3.05, 3.63) is 37.1 Å². The molecule has 0 saturated heterocycles. The second-order valence-corrected chi connectivity index (χ2v) is 11.8. The molecule has 0 unspecified atom stereocenters.